The first-order valence-electron chi connectivity index (χ1n) is 10.2. The molecule has 0 bridgehead atoms. The molecule has 1 saturated heterocycles. The smallest absolute Gasteiger partial charge is 0.155 e. The third-order valence-electron chi connectivity index (χ3n) is 5.40. The number of rotatable bonds is 6. The Morgan fingerprint density at radius 3 is 2.90 bits per heavy atom. The lowest BCUT2D eigenvalue weighted by molar-refractivity contribution is 0.0358. The van der Waals surface area contributed by atoms with Gasteiger partial charge in [0.1, 0.15) is 17.0 Å². The first-order chi connectivity index (χ1) is 14.8. The summed E-state index contributed by atoms with van der Waals surface area (Å²) in [7, 11) is 0. The maximum atomic E-state index is 8.39. The molecule has 154 valence electrons. The van der Waals surface area contributed by atoms with Gasteiger partial charge in [-0.1, -0.05) is 0 Å². The maximum absolute atomic E-state index is 8.39. The van der Waals surface area contributed by atoms with E-state index >= 15 is 0 Å². The summed E-state index contributed by atoms with van der Waals surface area (Å²) in [5.74, 6) is 1.32. The zero-order valence-corrected chi connectivity index (χ0v) is 16.7. The number of hydrogen-bond acceptors (Lipinski definition) is 6. The summed E-state index contributed by atoms with van der Waals surface area (Å²) in [5, 5.41) is 9.55. The van der Waals surface area contributed by atoms with Gasteiger partial charge in [0.2, 0.25) is 0 Å². The standard InChI is InChI=1S/C23H24N4O3/c24-20-15-23(21-13-17-3-1-7-27(17)16-25-21)30-22-14-18(4-5-19(20)22)29-10-2-6-26-8-11-28-12-9-26/h1,3-5,7,13-16,24H,2,6,8-12H2. The molecule has 0 saturated carbocycles. The van der Waals surface area contributed by atoms with Crippen molar-refractivity contribution in [1.82, 2.24) is 14.3 Å². The highest BCUT2D eigenvalue weighted by atomic mass is 16.5. The third-order valence-corrected chi connectivity index (χ3v) is 5.40. The normalized spacial score (nSPS) is 15.1. The van der Waals surface area contributed by atoms with Gasteiger partial charge in [-0.25, -0.2) is 4.98 Å². The van der Waals surface area contributed by atoms with E-state index in [0.717, 1.165) is 55.9 Å². The van der Waals surface area contributed by atoms with E-state index in [1.165, 1.54) is 0 Å². The van der Waals surface area contributed by atoms with Crippen molar-refractivity contribution in [2.24, 2.45) is 0 Å². The second-order valence-electron chi connectivity index (χ2n) is 7.45. The van der Waals surface area contributed by atoms with Gasteiger partial charge in [-0.3, -0.25) is 10.3 Å². The molecule has 0 spiro atoms. The van der Waals surface area contributed by atoms with Gasteiger partial charge in [-0.2, -0.15) is 0 Å². The summed E-state index contributed by atoms with van der Waals surface area (Å²) in [6.07, 6.45) is 4.66. The quantitative estimate of drug-likeness (QED) is 0.499. The molecule has 1 N–H and O–H groups in total. The molecule has 3 aromatic heterocycles. The Balaban J connectivity index is 1.33. The zero-order valence-electron chi connectivity index (χ0n) is 16.7. The summed E-state index contributed by atoms with van der Waals surface area (Å²) in [6, 6.07) is 13.3. The second kappa shape index (κ2) is 8.30. The van der Waals surface area contributed by atoms with Crippen molar-refractivity contribution in [2.75, 3.05) is 39.5 Å². The molecule has 0 atom stereocenters. The lowest BCUT2D eigenvalue weighted by Gasteiger charge is -2.26. The van der Waals surface area contributed by atoms with Crippen LogP contribution < -0.4 is 10.1 Å². The minimum absolute atomic E-state index is 0.405. The summed E-state index contributed by atoms with van der Waals surface area (Å²) in [6.45, 7) is 5.27. The molecule has 7 heteroatoms. The van der Waals surface area contributed by atoms with Crippen molar-refractivity contribution in [3.63, 3.8) is 0 Å². The van der Waals surface area contributed by atoms with Crippen molar-refractivity contribution in [3.8, 4) is 17.2 Å². The van der Waals surface area contributed by atoms with Crippen LogP contribution in [0.4, 0.5) is 0 Å². The van der Waals surface area contributed by atoms with Crippen molar-refractivity contribution < 1.29 is 13.9 Å². The molecule has 0 radical (unpaired) electrons. The van der Waals surface area contributed by atoms with Crippen LogP contribution in [0, 0.1) is 5.41 Å². The molecule has 0 aliphatic carbocycles. The molecule has 5 rings (SSSR count). The lowest BCUT2D eigenvalue weighted by Crippen LogP contribution is -2.37. The van der Waals surface area contributed by atoms with E-state index in [-0.39, 0.29) is 0 Å². The van der Waals surface area contributed by atoms with E-state index in [2.05, 4.69) is 9.88 Å². The number of benzene rings is 1. The van der Waals surface area contributed by atoms with Gasteiger partial charge in [0.25, 0.3) is 0 Å². The summed E-state index contributed by atoms with van der Waals surface area (Å²) in [4.78, 5) is 6.86. The van der Waals surface area contributed by atoms with Crippen LogP contribution in [0.2, 0.25) is 0 Å². The Bertz CT molecular complexity index is 1220. The van der Waals surface area contributed by atoms with Crippen molar-refractivity contribution in [2.45, 2.75) is 6.42 Å². The third kappa shape index (κ3) is 3.94. The van der Waals surface area contributed by atoms with Crippen molar-refractivity contribution >= 4 is 16.5 Å². The van der Waals surface area contributed by atoms with Crippen LogP contribution in [0.1, 0.15) is 6.42 Å². The molecular weight excluding hydrogens is 380 g/mol. The van der Waals surface area contributed by atoms with Gasteiger partial charge in [0.15, 0.2) is 5.76 Å². The molecule has 1 fully saturated rings. The predicted octanol–water partition coefficient (Wildman–Crippen LogP) is 3.33. The fourth-order valence-corrected chi connectivity index (χ4v) is 3.76. The summed E-state index contributed by atoms with van der Waals surface area (Å²) < 4.78 is 19.4. The molecule has 30 heavy (non-hydrogen) atoms. The molecule has 0 unspecified atom stereocenters. The topological polar surface area (TPSA) is 76.0 Å². The summed E-state index contributed by atoms with van der Waals surface area (Å²) in [5.41, 5.74) is 2.35. The fraction of sp³-hybridized carbons (Fsp3) is 0.304. The van der Waals surface area contributed by atoms with E-state index in [9.17, 15) is 0 Å². The molecule has 1 aromatic carbocycles. The molecular formula is C23H24N4O3. The van der Waals surface area contributed by atoms with Gasteiger partial charge in [-0.15, -0.1) is 0 Å². The SMILES string of the molecule is N=c1cc(-c2cc3cccn3cn2)oc2cc(OCCCN3CCOCC3)ccc12. The van der Waals surface area contributed by atoms with Gasteiger partial charge in [0, 0.05) is 48.9 Å². The van der Waals surface area contributed by atoms with Crippen LogP contribution in [-0.2, 0) is 4.74 Å². The summed E-state index contributed by atoms with van der Waals surface area (Å²) >= 11 is 0. The highest BCUT2D eigenvalue weighted by Gasteiger charge is 2.11. The van der Waals surface area contributed by atoms with Crippen LogP contribution in [0.25, 0.3) is 27.9 Å². The number of nitrogens with one attached hydrogen (secondary N) is 1. The number of nitrogens with zero attached hydrogens (tertiary/aromatic N) is 3. The first-order valence-corrected chi connectivity index (χ1v) is 10.2. The molecule has 4 aromatic rings. The highest BCUT2D eigenvalue weighted by Crippen LogP contribution is 2.24. The highest BCUT2D eigenvalue weighted by molar-refractivity contribution is 5.79. The average molecular weight is 404 g/mol. The van der Waals surface area contributed by atoms with Gasteiger partial charge < -0.3 is 18.3 Å². The molecule has 7 nitrogen and oxygen atoms in total. The average Bonchev–Trinajstić information content (AvgIpc) is 3.25. The van der Waals surface area contributed by atoms with Crippen LogP contribution in [0.15, 0.2) is 59.4 Å². The monoisotopic (exact) mass is 404 g/mol. The number of aromatic nitrogens is 2. The van der Waals surface area contributed by atoms with E-state index in [4.69, 9.17) is 19.3 Å². The second-order valence-corrected chi connectivity index (χ2v) is 7.45. The number of ether oxygens (including phenoxy) is 2. The Morgan fingerprint density at radius 1 is 1.10 bits per heavy atom. The van der Waals surface area contributed by atoms with Crippen LogP contribution in [0.3, 0.4) is 0 Å². The van der Waals surface area contributed by atoms with Crippen LogP contribution in [-0.4, -0.2) is 53.7 Å². The number of morpholine rings is 1. The van der Waals surface area contributed by atoms with Gasteiger partial charge >= 0.3 is 0 Å². The van der Waals surface area contributed by atoms with Gasteiger partial charge in [0.05, 0.1) is 31.5 Å². The predicted molar refractivity (Wildman–Crippen MR) is 114 cm³/mol. The van der Waals surface area contributed by atoms with E-state index in [0.29, 0.717) is 29.0 Å². The Labute approximate surface area is 174 Å². The van der Waals surface area contributed by atoms with Crippen LogP contribution >= 0.6 is 0 Å². The van der Waals surface area contributed by atoms with E-state index < -0.39 is 0 Å². The Kier molecular flexibility index (Phi) is 5.21. The number of hydrogen-bond donors (Lipinski definition) is 1. The molecule has 4 heterocycles. The minimum atomic E-state index is 0.405. The Morgan fingerprint density at radius 2 is 2.00 bits per heavy atom. The van der Waals surface area contributed by atoms with Crippen LogP contribution in [0.5, 0.6) is 5.75 Å². The van der Waals surface area contributed by atoms with Crippen molar-refractivity contribution in [1.29, 1.82) is 5.41 Å². The fourth-order valence-electron chi connectivity index (χ4n) is 3.76. The van der Waals surface area contributed by atoms with Gasteiger partial charge in [-0.05, 0) is 36.8 Å². The van der Waals surface area contributed by atoms with E-state index in [1.807, 2.05) is 47.0 Å². The first kappa shape index (κ1) is 18.8. The molecule has 0 amide bonds. The maximum Gasteiger partial charge on any atom is 0.155 e. The molecule has 1 aliphatic heterocycles. The number of fused-ring (bicyclic) bond motifs is 2. The lowest BCUT2D eigenvalue weighted by atomic mass is 10.2. The van der Waals surface area contributed by atoms with Crippen molar-refractivity contribution in [3.05, 3.63) is 60.3 Å². The molecule has 1 aliphatic rings. The Hall–Kier alpha value is -3.16. The van der Waals surface area contributed by atoms with E-state index in [1.54, 1.807) is 12.4 Å². The zero-order chi connectivity index (χ0) is 20.3. The minimum Gasteiger partial charge on any atom is -0.493 e. The largest absolute Gasteiger partial charge is 0.493 e.